The molecule has 2 heteroatoms. The highest BCUT2D eigenvalue weighted by molar-refractivity contribution is 5.67. The maximum absolute atomic E-state index is 10.6. The molecule has 72 valence electrons. The minimum absolute atomic E-state index is 0.211. The van der Waals surface area contributed by atoms with E-state index in [0.717, 1.165) is 12.2 Å². The van der Waals surface area contributed by atoms with E-state index in [2.05, 4.69) is 6.08 Å². The third-order valence-corrected chi connectivity index (χ3v) is 2.09. The highest BCUT2D eigenvalue weighted by Gasteiger charge is 2.41. The molecular weight excluding hydrogens is 164 g/mol. The fourth-order valence-electron chi connectivity index (χ4n) is 1.45. The SMILES string of the molecule is CC.CC(=O)OC1=CC=CC2CC12. The Hall–Kier alpha value is -1.05. The number of esters is 1. The summed E-state index contributed by atoms with van der Waals surface area (Å²) >= 11 is 0. The monoisotopic (exact) mass is 180 g/mol. The summed E-state index contributed by atoms with van der Waals surface area (Å²) < 4.78 is 5.02. The predicted molar refractivity (Wildman–Crippen MR) is 51.9 cm³/mol. The summed E-state index contributed by atoms with van der Waals surface area (Å²) in [5, 5.41) is 0. The zero-order valence-corrected chi connectivity index (χ0v) is 8.41. The first kappa shape index (κ1) is 10.0. The van der Waals surface area contributed by atoms with Gasteiger partial charge in [-0.3, -0.25) is 4.79 Å². The van der Waals surface area contributed by atoms with Crippen LogP contribution in [0, 0.1) is 11.8 Å². The number of rotatable bonds is 1. The maximum atomic E-state index is 10.6. The topological polar surface area (TPSA) is 26.3 Å². The van der Waals surface area contributed by atoms with Gasteiger partial charge in [-0.15, -0.1) is 0 Å². The van der Waals surface area contributed by atoms with Crippen LogP contribution in [0.15, 0.2) is 24.0 Å². The molecule has 0 heterocycles. The van der Waals surface area contributed by atoms with Crippen molar-refractivity contribution >= 4 is 5.97 Å². The van der Waals surface area contributed by atoms with E-state index in [4.69, 9.17) is 4.74 Å². The van der Waals surface area contributed by atoms with Gasteiger partial charge in [0.15, 0.2) is 0 Å². The zero-order chi connectivity index (χ0) is 9.84. The molecule has 1 saturated carbocycles. The predicted octanol–water partition coefficient (Wildman–Crippen LogP) is 2.67. The van der Waals surface area contributed by atoms with E-state index in [0.29, 0.717) is 11.8 Å². The molecule has 1 fully saturated rings. The molecule has 0 aromatic rings. The fourth-order valence-corrected chi connectivity index (χ4v) is 1.45. The molecule has 2 aliphatic carbocycles. The number of ether oxygens (including phenoxy) is 1. The van der Waals surface area contributed by atoms with Gasteiger partial charge in [-0.05, 0) is 18.4 Å². The Morgan fingerprint density at radius 1 is 1.54 bits per heavy atom. The summed E-state index contributed by atoms with van der Waals surface area (Å²) in [7, 11) is 0. The van der Waals surface area contributed by atoms with Gasteiger partial charge in [0.05, 0.1) is 0 Å². The molecule has 13 heavy (non-hydrogen) atoms. The van der Waals surface area contributed by atoms with Gasteiger partial charge in [0.1, 0.15) is 5.76 Å². The molecule has 2 rings (SSSR count). The number of allylic oxidation sites excluding steroid dienone is 4. The molecule has 2 atom stereocenters. The van der Waals surface area contributed by atoms with Crippen LogP contribution in [0.25, 0.3) is 0 Å². The Balaban J connectivity index is 0.000000396. The van der Waals surface area contributed by atoms with Crippen molar-refractivity contribution in [2.75, 3.05) is 0 Å². The van der Waals surface area contributed by atoms with E-state index in [9.17, 15) is 4.79 Å². The number of hydrogen-bond acceptors (Lipinski definition) is 2. The van der Waals surface area contributed by atoms with Crippen molar-refractivity contribution in [2.45, 2.75) is 27.2 Å². The lowest BCUT2D eigenvalue weighted by atomic mass is 10.2. The van der Waals surface area contributed by atoms with Crippen LogP contribution in [0.3, 0.4) is 0 Å². The Kier molecular flexibility index (Phi) is 3.29. The fraction of sp³-hybridized carbons (Fsp3) is 0.545. The van der Waals surface area contributed by atoms with Crippen LogP contribution in [0.4, 0.5) is 0 Å². The van der Waals surface area contributed by atoms with Crippen LogP contribution in [0.2, 0.25) is 0 Å². The molecule has 0 N–H and O–H groups in total. The summed E-state index contributed by atoms with van der Waals surface area (Å²) in [5.74, 6) is 1.79. The molecule has 0 spiro atoms. The van der Waals surface area contributed by atoms with Gasteiger partial charge in [-0.1, -0.05) is 26.0 Å². The molecule has 0 aromatic carbocycles. The highest BCUT2D eigenvalue weighted by atomic mass is 16.5. The lowest BCUT2D eigenvalue weighted by Gasteiger charge is -2.06. The van der Waals surface area contributed by atoms with Crippen molar-refractivity contribution in [1.29, 1.82) is 0 Å². The minimum atomic E-state index is -0.211. The van der Waals surface area contributed by atoms with Crippen LogP contribution >= 0.6 is 0 Å². The van der Waals surface area contributed by atoms with Gasteiger partial charge >= 0.3 is 5.97 Å². The zero-order valence-electron chi connectivity index (χ0n) is 8.41. The lowest BCUT2D eigenvalue weighted by Crippen LogP contribution is -2.02. The van der Waals surface area contributed by atoms with Gasteiger partial charge in [0.25, 0.3) is 0 Å². The van der Waals surface area contributed by atoms with E-state index in [-0.39, 0.29) is 5.97 Å². The number of fused-ring (bicyclic) bond motifs is 1. The number of carbonyl (C=O) groups is 1. The first-order valence-electron chi connectivity index (χ1n) is 4.84. The first-order valence-corrected chi connectivity index (χ1v) is 4.84. The second-order valence-corrected chi connectivity index (χ2v) is 3.05. The molecule has 0 bridgehead atoms. The largest absolute Gasteiger partial charge is 0.431 e. The summed E-state index contributed by atoms with van der Waals surface area (Å²) in [6, 6.07) is 0. The second kappa shape index (κ2) is 4.26. The van der Waals surface area contributed by atoms with Crippen molar-refractivity contribution < 1.29 is 9.53 Å². The van der Waals surface area contributed by atoms with Gasteiger partial charge in [-0.25, -0.2) is 0 Å². The Labute approximate surface area is 79.3 Å². The van der Waals surface area contributed by atoms with Gasteiger partial charge < -0.3 is 4.74 Å². The molecule has 0 aliphatic heterocycles. The Morgan fingerprint density at radius 3 is 2.85 bits per heavy atom. The van der Waals surface area contributed by atoms with E-state index in [1.165, 1.54) is 6.92 Å². The smallest absolute Gasteiger partial charge is 0.307 e. The quantitative estimate of drug-likeness (QED) is 0.580. The summed E-state index contributed by atoms with van der Waals surface area (Å²) in [5.41, 5.74) is 0. The van der Waals surface area contributed by atoms with E-state index in [1.807, 2.05) is 26.0 Å². The van der Waals surface area contributed by atoms with Crippen molar-refractivity contribution in [2.24, 2.45) is 11.8 Å². The summed E-state index contributed by atoms with van der Waals surface area (Å²) in [4.78, 5) is 10.6. The highest BCUT2D eigenvalue weighted by Crippen LogP contribution is 2.47. The van der Waals surface area contributed by atoms with Crippen LogP contribution in [0.5, 0.6) is 0 Å². The molecule has 2 nitrogen and oxygen atoms in total. The molecule has 2 aliphatic rings. The molecule has 0 saturated heterocycles. The normalized spacial score (nSPS) is 27.8. The average molecular weight is 180 g/mol. The van der Waals surface area contributed by atoms with Crippen molar-refractivity contribution in [1.82, 2.24) is 0 Å². The minimum Gasteiger partial charge on any atom is -0.431 e. The van der Waals surface area contributed by atoms with Crippen LogP contribution in [-0.2, 0) is 9.53 Å². The maximum Gasteiger partial charge on any atom is 0.307 e. The van der Waals surface area contributed by atoms with Crippen molar-refractivity contribution in [3.8, 4) is 0 Å². The van der Waals surface area contributed by atoms with Crippen LogP contribution in [0.1, 0.15) is 27.2 Å². The van der Waals surface area contributed by atoms with Crippen LogP contribution in [-0.4, -0.2) is 5.97 Å². The third kappa shape index (κ3) is 2.44. The summed E-state index contributed by atoms with van der Waals surface area (Å²) in [6.07, 6.45) is 7.16. The molecule has 0 aromatic heterocycles. The van der Waals surface area contributed by atoms with E-state index in [1.54, 1.807) is 0 Å². The number of hydrogen-bond donors (Lipinski definition) is 0. The first-order chi connectivity index (χ1) is 6.27. The molecule has 2 unspecified atom stereocenters. The van der Waals surface area contributed by atoms with Gasteiger partial charge in [0.2, 0.25) is 0 Å². The molecule has 0 radical (unpaired) electrons. The number of carbonyl (C=O) groups excluding carboxylic acids is 1. The second-order valence-electron chi connectivity index (χ2n) is 3.05. The average Bonchev–Trinajstić information content (AvgIpc) is 2.87. The van der Waals surface area contributed by atoms with Gasteiger partial charge in [0, 0.05) is 12.8 Å². The Bertz CT molecular complexity index is 251. The lowest BCUT2D eigenvalue weighted by molar-refractivity contribution is -0.137. The molecule has 0 amide bonds. The van der Waals surface area contributed by atoms with Crippen molar-refractivity contribution in [3.05, 3.63) is 24.0 Å². The Morgan fingerprint density at radius 2 is 2.23 bits per heavy atom. The van der Waals surface area contributed by atoms with Gasteiger partial charge in [-0.2, -0.15) is 0 Å². The van der Waals surface area contributed by atoms with E-state index >= 15 is 0 Å². The summed E-state index contributed by atoms with van der Waals surface area (Å²) in [6.45, 7) is 5.44. The van der Waals surface area contributed by atoms with Crippen LogP contribution < -0.4 is 0 Å². The molecular formula is C11H16O2. The van der Waals surface area contributed by atoms with Crippen molar-refractivity contribution in [3.63, 3.8) is 0 Å². The van der Waals surface area contributed by atoms with E-state index < -0.39 is 0 Å². The standard InChI is InChI=1S/C9H10O2.C2H6/c1-6(10)11-9-4-2-3-7-5-8(7)9;1-2/h2-4,7-8H,5H2,1H3;1-2H3. The third-order valence-electron chi connectivity index (χ3n) is 2.09.